The molecule has 1 aliphatic heterocycles. The van der Waals surface area contributed by atoms with Gasteiger partial charge in [0.05, 0.1) is 10.6 Å². The highest BCUT2D eigenvalue weighted by Crippen LogP contribution is 2.22. The molecule has 2 nitrogen and oxygen atoms in total. The number of carbonyl (C=O) groups is 1. The minimum absolute atomic E-state index is 0.0674. The van der Waals surface area contributed by atoms with E-state index in [0.29, 0.717) is 16.6 Å². The summed E-state index contributed by atoms with van der Waals surface area (Å²) in [5, 5.41) is 0.547. The van der Waals surface area contributed by atoms with Crippen LogP contribution in [-0.4, -0.2) is 23.4 Å². The minimum atomic E-state index is 0.0674. The monoisotopic (exact) mass is 237 g/mol. The van der Waals surface area contributed by atoms with Gasteiger partial charge in [-0.3, -0.25) is 4.79 Å². The van der Waals surface area contributed by atoms with Gasteiger partial charge >= 0.3 is 0 Å². The van der Waals surface area contributed by atoms with Gasteiger partial charge in [-0.1, -0.05) is 23.7 Å². The van der Waals surface area contributed by atoms with Crippen LogP contribution in [0.15, 0.2) is 24.3 Å². The third kappa shape index (κ3) is 2.22. The maximum Gasteiger partial charge on any atom is 0.255 e. The van der Waals surface area contributed by atoms with Crippen molar-refractivity contribution in [3.63, 3.8) is 0 Å². The number of amides is 1. The molecule has 0 aromatic heterocycles. The van der Waals surface area contributed by atoms with Crippen molar-refractivity contribution in [3.8, 4) is 0 Å². The summed E-state index contributed by atoms with van der Waals surface area (Å²) < 4.78 is 0. The molecule has 1 saturated heterocycles. The highest BCUT2D eigenvalue weighted by Gasteiger charge is 2.25. The number of halogens is 1. The van der Waals surface area contributed by atoms with E-state index in [1.807, 2.05) is 17.0 Å². The maximum absolute atomic E-state index is 12.3. The third-order valence-corrected chi connectivity index (χ3v) is 3.50. The summed E-state index contributed by atoms with van der Waals surface area (Å²) in [4.78, 5) is 14.2. The van der Waals surface area contributed by atoms with E-state index in [4.69, 9.17) is 11.6 Å². The van der Waals surface area contributed by atoms with E-state index in [1.54, 1.807) is 12.1 Å². The van der Waals surface area contributed by atoms with Crippen molar-refractivity contribution in [2.75, 3.05) is 6.54 Å². The minimum Gasteiger partial charge on any atom is -0.336 e. The van der Waals surface area contributed by atoms with Gasteiger partial charge in [-0.2, -0.15) is 0 Å². The Labute approximate surface area is 101 Å². The van der Waals surface area contributed by atoms with Gasteiger partial charge < -0.3 is 4.90 Å². The molecular formula is C13H16ClNO. The molecule has 1 heterocycles. The summed E-state index contributed by atoms with van der Waals surface area (Å²) in [6.45, 7) is 2.96. The Kier molecular flexibility index (Phi) is 3.49. The molecule has 1 unspecified atom stereocenters. The van der Waals surface area contributed by atoms with Crippen molar-refractivity contribution < 1.29 is 4.79 Å². The number of hydrogen-bond acceptors (Lipinski definition) is 1. The van der Waals surface area contributed by atoms with Crippen LogP contribution in [0.1, 0.15) is 36.5 Å². The van der Waals surface area contributed by atoms with Crippen LogP contribution in [0.25, 0.3) is 0 Å². The lowest BCUT2D eigenvalue weighted by atomic mass is 10.0. The van der Waals surface area contributed by atoms with Crippen molar-refractivity contribution in [2.24, 2.45) is 0 Å². The number of piperidine rings is 1. The fourth-order valence-corrected chi connectivity index (χ4v) is 2.41. The number of nitrogens with zero attached hydrogens (tertiary/aromatic N) is 1. The fourth-order valence-electron chi connectivity index (χ4n) is 2.19. The van der Waals surface area contributed by atoms with Crippen molar-refractivity contribution in [1.82, 2.24) is 4.90 Å². The zero-order valence-corrected chi connectivity index (χ0v) is 10.2. The van der Waals surface area contributed by atoms with E-state index >= 15 is 0 Å². The molecule has 1 aliphatic rings. The van der Waals surface area contributed by atoms with Crippen molar-refractivity contribution in [2.45, 2.75) is 32.2 Å². The Balaban J connectivity index is 2.21. The molecule has 1 atom stereocenters. The second-order valence-corrected chi connectivity index (χ2v) is 4.73. The number of likely N-dealkylation sites (tertiary alicyclic amines) is 1. The first-order valence-electron chi connectivity index (χ1n) is 5.75. The molecule has 3 heteroatoms. The molecule has 1 aromatic rings. The first-order valence-corrected chi connectivity index (χ1v) is 6.13. The lowest BCUT2D eigenvalue weighted by molar-refractivity contribution is 0.0636. The van der Waals surface area contributed by atoms with Crippen LogP contribution in [0.3, 0.4) is 0 Å². The van der Waals surface area contributed by atoms with Gasteiger partial charge in [0.1, 0.15) is 0 Å². The number of hydrogen-bond donors (Lipinski definition) is 0. The van der Waals surface area contributed by atoms with Gasteiger partial charge in [-0.15, -0.1) is 0 Å². The highest BCUT2D eigenvalue weighted by atomic mass is 35.5. The Morgan fingerprint density at radius 1 is 1.38 bits per heavy atom. The Bertz CT molecular complexity index is 391. The topological polar surface area (TPSA) is 20.3 Å². The Morgan fingerprint density at radius 3 is 2.81 bits per heavy atom. The van der Waals surface area contributed by atoms with Crippen molar-refractivity contribution >= 4 is 17.5 Å². The number of benzene rings is 1. The summed E-state index contributed by atoms with van der Waals surface area (Å²) in [6.07, 6.45) is 3.41. The van der Waals surface area contributed by atoms with E-state index < -0.39 is 0 Å². The van der Waals surface area contributed by atoms with Gasteiger partial charge in [0.2, 0.25) is 0 Å². The third-order valence-electron chi connectivity index (χ3n) is 3.17. The van der Waals surface area contributed by atoms with Crippen molar-refractivity contribution in [3.05, 3.63) is 34.9 Å². The maximum atomic E-state index is 12.3. The molecule has 86 valence electrons. The van der Waals surface area contributed by atoms with Crippen LogP contribution in [0.4, 0.5) is 0 Å². The predicted molar refractivity (Wildman–Crippen MR) is 65.8 cm³/mol. The average Bonchev–Trinajstić information content (AvgIpc) is 2.29. The van der Waals surface area contributed by atoms with E-state index in [2.05, 4.69) is 6.92 Å². The van der Waals surface area contributed by atoms with Crippen LogP contribution in [0.5, 0.6) is 0 Å². The molecule has 1 fully saturated rings. The number of rotatable bonds is 1. The zero-order valence-electron chi connectivity index (χ0n) is 9.45. The van der Waals surface area contributed by atoms with Gasteiger partial charge in [-0.05, 0) is 38.3 Å². The summed E-state index contributed by atoms with van der Waals surface area (Å²) in [6, 6.07) is 7.60. The van der Waals surface area contributed by atoms with Gasteiger partial charge in [-0.25, -0.2) is 0 Å². The van der Waals surface area contributed by atoms with Crippen LogP contribution in [-0.2, 0) is 0 Å². The van der Waals surface area contributed by atoms with Crippen LogP contribution in [0.2, 0.25) is 5.02 Å². The second kappa shape index (κ2) is 4.88. The lowest BCUT2D eigenvalue weighted by Gasteiger charge is -2.33. The van der Waals surface area contributed by atoms with Gasteiger partial charge in [0, 0.05) is 12.6 Å². The largest absolute Gasteiger partial charge is 0.336 e. The molecule has 0 bridgehead atoms. The fraction of sp³-hybridized carbons (Fsp3) is 0.462. The summed E-state index contributed by atoms with van der Waals surface area (Å²) in [5.41, 5.74) is 0.623. The highest BCUT2D eigenvalue weighted by molar-refractivity contribution is 6.33. The summed E-state index contributed by atoms with van der Waals surface area (Å²) >= 11 is 6.04. The van der Waals surface area contributed by atoms with Crippen LogP contribution in [0, 0.1) is 0 Å². The summed E-state index contributed by atoms with van der Waals surface area (Å²) in [5.74, 6) is 0.0674. The molecule has 1 aromatic carbocycles. The molecule has 1 amide bonds. The second-order valence-electron chi connectivity index (χ2n) is 4.32. The van der Waals surface area contributed by atoms with Gasteiger partial charge in [0.15, 0.2) is 0 Å². The van der Waals surface area contributed by atoms with E-state index in [-0.39, 0.29) is 5.91 Å². The SMILES string of the molecule is CC1CCCCN1C(=O)c1ccccc1Cl. The van der Waals surface area contributed by atoms with Crippen molar-refractivity contribution in [1.29, 1.82) is 0 Å². The lowest BCUT2D eigenvalue weighted by Crippen LogP contribution is -2.42. The molecule has 0 radical (unpaired) electrons. The molecule has 0 aliphatic carbocycles. The van der Waals surface area contributed by atoms with Crippen LogP contribution >= 0.6 is 11.6 Å². The normalized spacial score (nSPS) is 20.9. The first-order chi connectivity index (χ1) is 7.70. The average molecular weight is 238 g/mol. The van der Waals surface area contributed by atoms with E-state index in [0.717, 1.165) is 19.4 Å². The molecular weight excluding hydrogens is 222 g/mol. The Morgan fingerprint density at radius 2 is 2.12 bits per heavy atom. The zero-order chi connectivity index (χ0) is 11.5. The molecule has 0 spiro atoms. The predicted octanol–water partition coefficient (Wildman–Crippen LogP) is 3.35. The van der Waals surface area contributed by atoms with Crippen LogP contribution < -0.4 is 0 Å². The van der Waals surface area contributed by atoms with Gasteiger partial charge in [0.25, 0.3) is 5.91 Å². The number of carbonyl (C=O) groups excluding carboxylic acids is 1. The molecule has 0 N–H and O–H groups in total. The Hall–Kier alpha value is -1.02. The van der Waals surface area contributed by atoms with E-state index in [1.165, 1.54) is 6.42 Å². The molecule has 0 saturated carbocycles. The quantitative estimate of drug-likeness (QED) is 0.734. The molecule has 16 heavy (non-hydrogen) atoms. The standard InChI is InChI=1S/C13H16ClNO/c1-10-6-4-5-9-15(10)13(16)11-7-2-3-8-12(11)14/h2-3,7-8,10H,4-6,9H2,1H3. The summed E-state index contributed by atoms with van der Waals surface area (Å²) in [7, 11) is 0. The first kappa shape index (κ1) is 11.5. The smallest absolute Gasteiger partial charge is 0.255 e. The molecule has 2 rings (SSSR count). The van der Waals surface area contributed by atoms with E-state index in [9.17, 15) is 4.79 Å².